The SMILES string of the molecule is C=CCC1=C(c2ccccc2)COC1=O. The van der Waals surface area contributed by atoms with Gasteiger partial charge in [0.15, 0.2) is 0 Å². The Balaban J connectivity index is 2.42. The number of rotatable bonds is 3. The molecule has 1 aliphatic rings. The summed E-state index contributed by atoms with van der Waals surface area (Å²) in [5.74, 6) is -0.214. The van der Waals surface area contributed by atoms with Crippen molar-refractivity contribution in [2.45, 2.75) is 6.42 Å². The Morgan fingerprint density at radius 1 is 1.33 bits per heavy atom. The summed E-state index contributed by atoms with van der Waals surface area (Å²) in [7, 11) is 0. The van der Waals surface area contributed by atoms with Crippen molar-refractivity contribution < 1.29 is 9.53 Å². The Morgan fingerprint density at radius 3 is 2.73 bits per heavy atom. The fourth-order valence-electron chi connectivity index (χ4n) is 1.68. The smallest absolute Gasteiger partial charge is 0.335 e. The quantitative estimate of drug-likeness (QED) is 0.553. The van der Waals surface area contributed by atoms with Crippen LogP contribution in [0.25, 0.3) is 5.57 Å². The van der Waals surface area contributed by atoms with E-state index >= 15 is 0 Å². The van der Waals surface area contributed by atoms with Crippen LogP contribution in [0, 0.1) is 0 Å². The number of carbonyl (C=O) groups excluding carboxylic acids is 1. The molecule has 0 N–H and O–H groups in total. The molecule has 0 radical (unpaired) electrons. The number of cyclic esters (lactones) is 1. The second-order valence-corrected chi connectivity index (χ2v) is 3.39. The number of benzene rings is 1. The van der Waals surface area contributed by atoms with Gasteiger partial charge < -0.3 is 4.74 Å². The van der Waals surface area contributed by atoms with Gasteiger partial charge in [-0.3, -0.25) is 0 Å². The van der Waals surface area contributed by atoms with Crippen LogP contribution in [-0.2, 0) is 9.53 Å². The van der Waals surface area contributed by atoms with E-state index in [2.05, 4.69) is 6.58 Å². The molecule has 2 nitrogen and oxygen atoms in total. The topological polar surface area (TPSA) is 26.3 Å². The minimum absolute atomic E-state index is 0.214. The summed E-state index contributed by atoms with van der Waals surface area (Å²) in [6.45, 7) is 4.03. The molecule has 1 aromatic rings. The monoisotopic (exact) mass is 200 g/mol. The summed E-state index contributed by atoms with van der Waals surface area (Å²) in [6, 6.07) is 9.84. The standard InChI is InChI=1S/C13H12O2/c1-2-6-11-12(9-15-13(11)14)10-7-4-3-5-8-10/h2-5,7-8H,1,6,9H2. The number of carbonyl (C=O) groups is 1. The fourth-order valence-corrected chi connectivity index (χ4v) is 1.68. The van der Waals surface area contributed by atoms with Crippen LogP contribution >= 0.6 is 0 Å². The van der Waals surface area contributed by atoms with Gasteiger partial charge >= 0.3 is 5.97 Å². The number of ether oxygens (including phenoxy) is 1. The second-order valence-electron chi connectivity index (χ2n) is 3.39. The molecule has 0 atom stereocenters. The van der Waals surface area contributed by atoms with Gasteiger partial charge in [-0.25, -0.2) is 4.79 Å². The van der Waals surface area contributed by atoms with Gasteiger partial charge in [-0.15, -0.1) is 6.58 Å². The van der Waals surface area contributed by atoms with Gasteiger partial charge in [-0.05, 0) is 12.0 Å². The van der Waals surface area contributed by atoms with Crippen LogP contribution in [0.2, 0.25) is 0 Å². The van der Waals surface area contributed by atoms with E-state index < -0.39 is 0 Å². The lowest BCUT2D eigenvalue weighted by atomic mass is 10.0. The Labute approximate surface area is 88.9 Å². The molecule has 0 unspecified atom stereocenters. The lowest BCUT2D eigenvalue weighted by Crippen LogP contribution is -1.97. The molecule has 1 heterocycles. The molecule has 1 aromatic carbocycles. The molecular formula is C13H12O2. The summed E-state index contributed by atoms with van der Waals surface area (Å²) in [4.78, 5) is 11.4. The van der Waals surface area contributed by atoms with E-state index in [4.69, 9.17) is 4.74 Å². The predicted molar refractivity (Wildman–Crippen MR) is 59.1 cm³/mol. The van der Waals surface area contributed by atoms with E-state index in [9.17, 15) is 4.79 Å². The van der Waals surface area contributed by atoms with Crippen molar-refractivity contribution >= 4 is 11.5 Å². The molecule has 0 spiro atoms. The van der Waals surface area contributed by atoms with Crippen molar-refractivity contribution in [3.8, 4) is 0 Å². The summed E-state index contributed by atoms with van der Waals surface area (Å²) in [5, 5.41) is 0. The first-order valence-electron chi connectivity index (χ1n) is 4.88. The van der Waals surface area contributed by atoms with Crippen molar-refractivity contribution in [1.29, 1.82) is 0 Å². The van der Waals surface area contributed by atoms with E-state index in [0.717, 1.165) is 16.7 Å². The lowest BCUT2D eigenvalue weighted by Gasteiger charge is -2.01. The van der Waals surface area contributed by atoms with Crippen LogP contribution in [0.1, 0.15) is 12.0 Å². The van der Waals surface area contributed by atoms with E-state index in [1.165, 1.54) is 0 Å². The first-order chi connectivity index (χ1) is 7.33. The van der Waals surface area contributed by atoms with Gasteiger partial charge in [0.1, 0.15) is 6.61 Å². The van der Waals surface area contributed by atoms with Gasteiger partial charge in [0.05, 0.1) is 0 Å². The Kier molecular flexibility index (Phi) is 2.68. The zero-order chi connectivity index (χ0) is 10.7. The molecular weight excluding hydrogens is 188 g/mol. The molecule has 0 fully saturated rings. The minimum atomic E-state index is -0.214. The average Bonchev–Trinajstić information content (AvgIpc) is 2.63. The molecule has 0 amide bonds. The van der Waals surface area contributed by atoms with Crippen molar-refractivity contribution in [1.82, 2.24) is 0 Å². The first-order valence-corrected chi connectivity index (χ1v) is 4.88. The zero-order valence-corrected chi connectivity index (χ0v) is 8.40. The molecule has 0 aromatic heterocycles. The number of esters is 1. The van der Waals surface area contributed by atoms with Crippen molar-refractivity contribution in [2.24, 2.45) is 0 Å². The van der Waals surface area contributed by atoms with Crippen LogP contribution in [0.3, 0.4) is 0 Å². The van der Waals surface area contributed by atoms with Crippen molar-refractivity contribution in [2.75, 3.05) is 6.61 Å². The Morgan fingerprint density at radius 2 is 2.07 bits per heavy atom. The van der Waals surface area contributed by atoms with Crippen LogP contribution in [-0.4, -0.2) is 12.6 Å². The highest BCUT2D eigenvalue weighted by Gasteiger charge is 2.24. The Bertz CT molecular complexity index is 415. The summed E-state index contributed by atoms with van der Waals surface area (Å²) < 4.78 is 5.02. The zero-order valence-electron chi connectivity index (χ0n) is 8.40. The molecule has 0 aliphatic carbocycles. The lowest BCUT2D eigenvalue weighted by molar-refractivity contribution is -0.135. The van der Waals surface area contributed by atoms with Crippen molar-refractivity contribution in [3.05, 3.63) is 54.1 Å². The summed E-state index contributed by atoms with van der Waals surface area (Å²) in [5.41, 5.74) is 2.77. The van der Waals surface area contributed by atoms with Gasteiger partial charge in [0.25, 0.3) is 0 Å². The average molecular weight is 200 g/mol. The number of hydrogen-bond donors (Lipinski definition) is 0. The van der Waals surface area contributed by atoms with E-state index in [-0.39, 0.29) is 5.97 Å². The van der Waals surface area contributed by atoms with Crippen LogP contribution in [0.15, 0.2) is 48.6 Å². The van der Waals surface area contributed by atoms with Crippen LogP contribution in [0.4, 0.5) is 0 Å². The van der Waals surface area contributed by atoms with Crippen LogP contribution < -0.4 is 0 Å². The maximum absolute atomic E-state index is 11.4. The number of allylic oxidation sites excluding steroid dienone is 1. The molecule has 15 heavy (non-hydrogen) atoms. The van der Waals surface area contributed by atoms with E-state index in [0.29, 0.717) is 13.0 Å². The van der Waals surface area contributed by atoms with Gasteiger partial charge in [-0.1, -0.05) is 36.4 Å². The van der Waals surface area contributed by atoms with Gasteiger partial charge in [-0.2, -0.15) is 0 Å². The molecule has 1 aliphatic heterocycles. The molecule has 2 rings (SSSR count). The minimum Gasteiger partial charge on any atom is -0.457 e. The third-order valence-electron chi connectivity index (χ3n) is 2.43. The number of hydrogen-bond acceptors (Lipinski definition) is 2. The molecule has 2 heteroatoms. The third-order valence-corrected chi connectivity index (χ3v) is 2.43. The van der Waals surface area contributed by atoms with Gasteiger partial charge in [0, 0.05) is 11.1 Å². The van der Waals surface area contributed by atoms with E-state index in [1.54, 1.807) is 6.08 Å². The highest BCUT2D eigenvalue weighted by Crippen LogP contribution is 2.27. The predicted octanol–water partition coefficient (Wildman–Crippen LogP) is 2.57. The Hall–Kier alpha value is -1.83. The maximum atomic E-state index is 11.4. The molecule has 0 saturated carbocycles. The largest absolute Gasteiger partial charge is 0.457 e. The molecule has 76 valence electrons. The van der Waals surface area contributed by atoms with Crippen LogP contribution in [0.5, 0.6) is 0 Å². The third kappa shape index (κ3) is 1.84. The van der Waals surface area contributed by atoms with Crippen molar-refractivity contribution in [3.63, 3.8) is 0 Å². The van der Waals surface area contributed by atoms with Gasteiger partial charge in [0.2, 0.25) is 0 Å². The highest BCUT2D eigenvalue weighted by molar-refractivity contribution is 6.01. The summed E-state index contributed by atoms with van der Waals surface area (Å²) in [6.07, 6.45) is 2.30. The first kappa shape index (κ1) is 9.71. The second kappa shape index (κ2) is 4.13. The summed E-state index contributed by atoms with van der Waals surface area (Å²) >= 11 is 0. The highest BCUT2D eigenvalue weighted by atomic mass is 16.5. The molecule has 0 bridgehead atoms. The normalized spacial score (nSPS) is 15.3. The van der Waals surface area contributed by atoms with E-state index in [1.807, 2.05) is 30.3 Å². The fraction of sp³-hybridized carbons (Fsp3) is 0.154. The maximum Gasteiger partial charge on any atom is 0.335 e. The molecule has 0 saturated heterocycles.